The van der Waals surface area contributed by atoms with Gasteiger partial charge in [0.2, 0.25) is 5.91 Å². The van der Waals surface area contributed by atoms with Crippen molar-refractivity contribution in [3.8, 4) is 0 Å². The molecule has 5 nitrogen and oxygen atoms in total. The van der Waals surface area contributed by atoms with Crippen molar-refractivity contribution in [3.05, 3.63) is 59.5 Å². The first kappa shape index (κ1) is 14.4. The van der Waals surface area contributed by atoms with Gasteiger partial charge in [-0.05, 0) is 18.6 Å². The van der Waals surface area contributed by atoms with E-state index in [1.165, 1.54) is 6.26 Å². The Morgan fingerprint density at radius 2 is 2.09 bits per heavy atom. The Labute approximate surface area is 128 Å². The largest absolute Gasteiger partial charge is 0.469 e. The topological polar surface area (TPSA) is 62.6 Å². The van der Waals surface area contributed by atoms with Gasteiger partial charge >= 0.3 is 0 Å². The van der Waals surface area contributed by atoms with Crippen LogP contribution < -0.4 is 5.32 Å². The van der Waals surface area contributed by atoms with Gasteiger partial charge in [0.25, 0.3) is 5.91 Å². The number of rotatable bonds is 3. The van der Waals surface area contributed by atoms with E-state index in [4.69, 9.17) is 4.42 Å². The minimum atomic E-state index is -0.488. The minimum Gasteiger partial charge on any atom is -0.469 e. The molecule has 22 heavy (non-hydrogen) atoms. The highest BCUT2D eigenvalue weighted by Gasteiger charge is 2.34. The third kappa shape index (κ3) is 2.74. The Bertz CT molecular complexity index is 678. The molecule has 3 rings (SSSR count). The van der Waals surface area contributed by atoms with E-state index in [9.17, 15) is 9.59 Å². The molecule has 0 spiro atoms. The Hall–Kier alpha value is -2.56. The van der Waals surface area contributed by atoms with Crippen LogP contribution in [0.15, 0.2) is 47.1 Å². The van der Waals surface area contributed by atoms with Crippen molar-refractivity contribution in [2.24, 2.45) is 0 Å². The second kappa shape index (κ2) is 6.05. The normalized spacial score (nSPS) is 18.1. The zero-order valence-electron chi connectivity index (χ0n) is 12.4. The van der Waals surface area contributed by atoms with Gasteiger partial charge in [-0.1, -0.05) is 30.3 Å². The summed E-state index contributed by atoms with van der Waals surface area (Å²) in [6.45, 7) is 2.74. The highest BCUT2D eigenvalue weighted by atomic mass is 16.3. The average molecular weight is 298 g/mol. The van der Waals surface area contributed by atoms with E-state index in [-0.39, 0.29) is 11.8 Å². The van der Waals surface area contributed by atoms with Crippen LogP contribution >= 0.6 is 0 Å². The van der Waals surface area contributed by atoms with Gasteiger partial charge in [-0.25, -0.2) is 0 Å². The van der Waals surface area contributed by atoms with Gasteiger partial charge in [0.05, 0.1) is 11.8 Å². The first-order valence-corrected chi connectivity index (χ1v) is 7.33. The molecule has 1 saturated heterocycles. The fourth-order valence-corrected chi connectivity index (χ4v) is 2.76. The van der Waals surface area contributed by atoms with Crippen LogP contribution in [0.25, 0.3) is 0 Å². The first-order chi connectivity index (χ1) is 10.7. The standard InChI is InChI=1S/C17H18N2O3/c1-12-14(7-10-22-12)17(21)19-9-8-18-16(20)15(19)11-13-5-3-2-4-6-13/h2-7,10,15H,8-9,11H2,1H3,(H,18,20). The summed E-state index contributed by atoms with van der Waals surface area (Å²) in [5, 5.41) is 2.84. The van der Waals surface area contributed by atoms with Gasteiger partial charge in [0, 0.05) is 19.5 Å². The van der Waals surface area contributed by atoms with E-state index in [0.29, 0.717) is 30.8 Å². The SMILES string of the molecule is Cc1occc1C(=O)N1CCNC(=O)C1Cc1ccccc1. The van der Waals surface area contributed by atoms with Crippen LogP contribution in [0.2, 0.25) is 0 Å². The van der Waals surface area contributed by atoms with E-state index in [0.717, 1.165) is 5.56 Å². The van der Waals surface area contributed by atoms with Gasteiger partial charge in [0.1, 0.15) is 11.8 Å². The van der Waals surface area contributed by atoms with Crippen LogP contribution in [0.5, 0.6) is 0 Å². The molecule has 0 aliphatic carbocycles. The molecule has 2 heterocycles. The van der Waals surface area contributed by atoms with Crippen LogP contribution in [0, 0.1) is 6.92 Å². The number of carbonyl (C=O) groups excluding carboxylic acids is 2. The molecule has 0 radical (unpaired) electrons. The predicted octanol–water partition coefficient (Wildman–Crippen LogP) is 1.77. The molecule has 1 N–H and O–H groups in total. The van der Waals surface area contributed by atoms with Crippen LogP contribution in [0.4, 0.5) is 0 Å². The summed E-state index contributed by atoms with van der Waals surface area (Å²) >= 11 is 0. The molecule has 2 aromatic rings. The number of carbonyl (C=O) groups is 2. The van der Waals surface area contributed by atoms with Crippen LogP contribution in [-0.4, -0.2) is 35.8 Å². The molecule has 1 aliphatic heterocycles. The van der Waals surface area contributed by atoms with E-state index in [1.54, 1.807) is 17.9 Å². The summed E-state index contributed by atoms with van der Waals surface area (Å²) in [5.41, 5.74) is 1.55. The summed E-state index contributed by atoms with van der Waals surface area (Å²) in [4.78, 5) is 26.6. The highest BCUT2D eigenvalue weighted by Crippen LogP contribution is 2.18. The molecule has 5 heteroatoms. The van der Waals surface area contributed by atoms with Gasteiger partial charge in [-0.3, -0.25) is 9.59 Å². The number of benzene rings is 1. The van der Waals surface area contributed by atoms with E-state index in [2.05, 4.69) is 5.32 Å². The number of nitrogens with one attached hydrogen (secondary N) is 1. The summed E-state index contributed by atoms with van der Waals surface area (Å²) in [5.74, 6) is 0.320. The highest BCUT2D eigenvalue weighted by molar-refractivity contribution is 5.98. The second-order valence-corrected chi connectivity index (χ2v) is 5.39. The van der Waals surface area contributed by atoms with E-state index < -0.39 is 6.04 Å². The van der Waals surface area contributed by atoms with Crippen molar-refractivity contribution in [3.63, 3.8) is 0 Å². The van der Waals surface area contributed by atoms with E-state index >= 15 is 0 Å². The van der Waals surface area contributed by atoms with E-state index in [1.807, 2.05) is 30.3 Å². The lowest BCUT2D eigenvalue weighted by Gasteiger charge is -2.35. The lowest BCUT2D eigenvalue weighted by molar-refractivity contribution is -0.127. The lowest BCUT2D eigenvalue weighted by Crippen LogP contribution is -2.58. The van der Waals surface area contributed by atoms with Crippen molar-refractivity contribution >= 4 is 11.8 Å². The first-order valence-electron chi connectivity index (χ1n) is 7.33. The monoisotopic (exact) mass is 298 g/mol. The third-order valence-electron chi connectivity index (χ3n) is 3.95. The van der Waals surface area contributed by atoms with Crippen molar-refractivity contribution in [1.82, 2.24) is 10.2 Å². The zero-order valence-corrected chi connectivity index (χ0v) is 12.4. The molecule has 2 amide bonds. The van der Waals surface area contributed by atoms with Gasteiger partial charge in [-0.15, -0.1) is 0 Å². The predicted molar refractivity (Wildman–Crippen MR) is 81.4 cm³/mol. The van der Waals surface area contributed by atoms with Crippen LogP contribution in [0.1, 0.15) is 21.7 Å². The summed E-state index contributed by atoms with van der Waals surface area (Å²) in [7, 11) is 0. The number of hydrogen-bond acceptors (Lipinski definition) is 3. The number of amides is 2. The molecule has 1 fully saturated rings. The Balaban J connectivity index is 1.85. The molecule has 1 atom stereocenters. The number of nitrogens with zero attached hydrogens (tertiary/aromatic N) is 1. The van der Waals surface area contributed by atoms with Crippen molar-refractivity contribution < 1.29 is 14.0 Å². The summed E-state index contributed by atoms with van der Waals surface area (Å²) in [6.07, 6.45) is 2.01. The van der Waals surface area contributed by atoms with Crippen LogP contribution in [0.3, 0.4) is 0 Å². The van der Waals surface area contributed by atoms with Gasteiger partial charge < -0.3 is 14.6 Å². The fourth-order valence-electron chi connectivity index (χ4n) is 2.76. The van der Waals surface area contributed by atoms with Crippen LogP contribution in [-0.2, 0) is 11.2 Å². The number of piperazine rings is 1. The quantitative estimate of drug-likeness (QED) is 0.939. The maximum atomic E-state index is 12.7. The lowest BCUT2D eigenvalue weighted by atomic mass is 10.0. The summed E-state index contributed by atoms with van der Waals surface area (Å²) in [6, 6.07) is 10.9. The van der Waals surface area contributed by atoms with Crippen molar-refractivity contribution in [1.29, 1.82) is 0 Å². The molecule has 0 saturated carbocycles. The number of aryl methyl sites for hydroxylation is 1. The van der Waals surface area contributed by atoms with Gasteiger partial charge in [0.15, 0.2) is 0 Å². The molecule has 1 unspecified atom stereocenters. The number of hydrogen-bond donors (Lipinski definition) is 1. The molecule has 1 aliphatic rings. The maximum Gasteiger partial charge on any atom is 0.258 e. The van der Waals surface area contributed by atoms with Gasteiger partial charge in [-0.2, -0.15) is 0 Å². The molecular weight excluding hydrogens is 280 g/mol. The second-order valence-electron chi connectivity index (χ2n) is 5.39. The zero-order chi connectivity index (χ0) is 15.5. The molecular formula is C17H18N2O3. The Kier molecular flexibility index (Phi) is 3.96. The fraction of sp³-hybridized carbons (Fsp3) is 0.294. The average Bonchev–Trinajstić information content (AvgIpc) is 2.96. The molecule has 1 aromatic carbocycles. The molecule has 1 aromatic heterocycles. The smallest absolute Gasteiger partial charge is 0.258 e. The Morgan fingerprint density at radius 1 is 1.32 bits per heavy atom. The van der Waals surface area contributed by atoms with Crippen molar-refractivity contribution in [2.75, 3.05) is 13.1 Å². The third-order valence-corrected chi connectivity index (χ3v) is 3.95. The number of furan rings is 1. The summed E-state index contributed by atoms with van der Waals surface area (Å²) < 4.78 is 5.21. The van der Waals surface area contributed by atoms with Crippen molar-refractivity contribution in [2.45, 2.75) is 19.4 Å². The minimum absolute atomic E-state index is 0.107. The molecule has 0 bridgehead atoms. The Morgan fingerprint density at radius 3 is 2.77 bits per heavy atom. The maximum absolute atomic E-state index is 12.7. The molecule has 114 valence electrons.